The molecule has 1 saturated heterocycles. The van der Waals surface area contributed by atoms with Gasteiger partial charge in [0.1, 0.15) is 17.1 Å². The molecule has 1 fully saturated rings. The Morgan fingerprint density at radius 1 is 1.11 bits per heavy atom. The van der Waals surface area contributed by atoms with Crippen LogP contribution in [0.25, 0.3) is 0 Å². The van der Waals surface area contributed by atoms with Gasteiger partial charge in [-0.1, -0.05) is 77.5 Å². The minimum Gasteiger partial charge on any atom is -0.379 e. The molecule has 1 aromatic heterocycles. The van der Waals surface area contributed by atoms with Crippen LogP contribution in [0.1, 0.15) is 91.1 Å². The topological polar surface area (TPSA) is 177 Å². The van der Waals surface area contributed by atoms with Crippen LogP contribution in [-0.4, -0.2) is 116 Å². The van der Waals surface area contributed by atoms with E-state index in [1.54, 1.807) is 39.3 Å². The Labute approximate surface area is 344 Å². The average molecular weight is 816 g/mol. The highest BCUT2D eigenvalue weighted by Crippen LogP contribution is 2.32. The predicted molar refractivity (Wildman–Crippen MR) is 224 cm³/mol. The van der Waals surface area contributed by atoms with Gasteiger partial charge in [-0.3, -0.25) is 19.2 Å². The summed E-state index contributed by atoms with van der Waals surface area (Å²) in [4.78, 5) is 68.6. The summed E-state index contributed by atoms with van der Waals surface area (Å²) in [5.41, 5.74) is 0.583. The minimum atomic E-state index is -0.846. The van der Waals surface area contributed by atoms with Gasteiger partial charge < -0.3 is 40.1 Å². The minimum absolute atomic E-state index is 0.0235. The van der Waals surface area contributed by atoms with Crippen molar-refractivity contribution in [1.82, 2.24) is 30.7 Å². The van der Waals surface area contributed by atoms with E-state index in [0.717, 1.165) is 30.7 Å². The molecule has 57 heavy (non-hydrogen) atoms. The van der Waals surface area contributed by atoms with Crippen LogP contribution in [-0.2, 0) is 33.5 Å². The van der Waals surface area contributed by atoms with Crippen molar-refractivity contribution in [3.63, 3.8) is 0 Å². The number of nitrogens with zero attached hydrogens (tertiary/aromatic N) is 3. The van der Waals surface area contributed by atoms with Gasteiger partial charge >= 0.3 is 0 Å². The summed E-state index contributed by atoms with van der Waals surface area (Å²) in [6, 6.07) is -2.64. The fourth-order valence-corrected chi connectivity index (χ4v) is 8.77. The number of rotatable bonds is 24. The Morgan fingerprint density at radius 3 is 2.40 bits per heavy atom. The van der Waals surface area contributed by atoms with Gasteiger partial charge in [0.15, 0.2) is 0 Å². The lowest BCUT2D eigenvalue weighted by atomic mass is 9.89. The number of likely N-dealkylation sites (N-methyl/N-ethyl adjacent to an activating group) is 1. The van der Waals surface area contributed by atoms with Crippen molar-refractivity contribution in [2.24, 2.45) is 29.6 Å². The summed E-state index contributed by atoms with van der Waals surface area (Å²) < 4.78 is 12.1. The molecule has 0 aromatic carbocycles. The summed E-state index contributed by atoms with van der Waals surface area (Å²) >= 11 is 1.52. The molecule has 1 aliphatic heterocycles. The van der Waals surface area contributed by atoms with E-state index in [2.05, 4.69) is 44.5 Å². The number of hydrogen-bond donors (Lipinski definition) is 4. The van der Waals surface area contributed by atoms with Gasteiger partial charge in [-0.2, -0.15) is 0 Å². The van der Waals surface area contributed by atoms with E-state index in [0.29, 0.717) is 25.1 Å². The monoisotopic (exact) mass is 815 g/mol. The molecule has 15 heteroatoms. The molecule has 1 aliphatic carbocycles. The second-order valence-corrected chi connectivity index (χ2v) is 16.8. The fraction of sp³-hybridized carbons (Fsp3) is 0.690. The number of methoxy groups -OCH3 is 2. The normalized spacial score (nSPS) is 20.9. The van der Waals surface area contributed by atoms with Crippen molar-refractivity contribution in [2.75, 3.05) is 41.0 Å². The molecule has 5 N–H and O–H groups in total. The number of carbonyl (C=O) groups excluding carboxylic acids is 4. The molecule has 4 amide bonds. The zero-order valence-electron chi connectivity index (χ0n) is 35.6. The van der Waals surface area contributed by atoms with Gasteiger partial charge in [0.2, 0.25) is 23.6 Å². The zero-order valence-corrected chi connectivity index (χ0v) is 36.4. The molecule has 3 rings (SSSR count). The highest BCUT2D eigenvalue weighted by molar-refractivity contribution is 7.09. The van der Waals surface area contributed by atoms with Gasteiger partial charge in [0, 0.05) is 45.9 Å². The van der Waals surface area contributed by atoms with Crippen LogP contribution in [0, 0.1) is 23.7 Å². The molecule has 0 spiro atoms. The lowest BCUT2D eigenvalue weighted by Crippen LogP contribution is -2.59. The van der Waals surface area contributed by atoms with Crippen LogP contribution in [0.2, 0.25) is 0 Å². The molecule has 14 nitrogen and oxygen atoms in total. The van der Waals surface area contributed by atoms with Crippen molar-refractivity contribution in [1.29, 1.82) is 0 Å². The quantitative estimate of drug-likeness (QED) is 0.0669. The number of allylic oxidation sites excluding steroid dienone is 4. The maximum Gasteiger partial charge on any atom is 0.245 e. The average Bonchev–Trinajstić information content (AvgIpc) is 3.92. The Kier molecular flexibility index (Phi) is 20.0. The molecule has 2 aliphatic rings. The maximum atomic E-state index is 14.3. The van der Waals surface area contributed by atoms with Crippen molar-refractivity contribution in [3.8, 4) is 0 Å². The highest BCUT2D eigenvalue weighted by atomic mass is 32.1. The third-order valence-electron chi connectivity index (χ3n) is 11.5. The lowest BCUT2D eigenvalue weighted by Gasteiger charge is -2.41. The molecular weight excluding hydrogens is 747 g/mol. The zero-order chi connectivity index (χ0) is 42.2. The van der Waals surface area contributed by atoms with E-state index in [1.165, 1.54) is 11.3 Å². The number of hydrogen-bond acceptors (Lipinski definition) is 11. The van der Waals surface area contributed by atoms with E-state index < -0.39 is 36.3 Å². The van der Waals surface area contributed by atoms with Crippen molar-refractivity contribution in [3.05, 3.63) is 53.0 Å². The molecule has 1 unspecified atom stereocenters. The number of aromatic nitrogens is 1. The molecule has 1 aromatic rings. The molecule has 0 saturated carbocycles. The second-order valence-electron chi connectivity index (χ2n) is 15.9. The maximum absolute atomic E-state index is 14.3. The summed E-state index contributed by atoms with van der Waals surface area (Å²) in [6.45, 7) is 16.4. The van der Waals surface area contributed by atoms with Crippen LogP contribution < -0.4 is 21.8 Å². The molecule has 10 atom stereocenters. The van der Waals surface area contributed by atoms with E-state index in [1.807, 2.05) is 57.1 Å². The number of nitrogens with two attached hydrogens (primary N) is 1. The first kappa shape index (κ1) is 47.9. The summed E-state index contributed by atoms with van der Waals surface area (Å²) in [7, 11) is 4.87. The summed E-state index contributed by atoms with van der Waals surface area (Å²) in [5, 5.41) is 12.1. The Morgan fingerprint density at radius 2 is 1.84 bits per heavy atom. The number of ether oxygens (including phenoxy) is 2. The molecular formula is C42H69N7O7S. The van der Waals surface area contributed by atoms with Crippen LogP contribution in [0.5, 0.6) is 0 Å². The van der Waals surface area contributed by atoms with Gasteiger partial charge in [0.25, 0.3) is 0 Å². The fourth-order valence-electron chi connectivity index (χ4n) is 8.07. The Hall–Kier alpha value is -3.47. The van der Waals surface area contributed by atoms with Gasteiger partial charge in [-0.15, -0.1) is 11.3 Å². The van der Waals surface area contributed by atoms with E-state index >= 15 is 0 Å². The summed E-state index contributed by atoms with van der Waals surface area (Å²) in [6.07, 6.45) is 12.8. The standard InChI is InChI=1S/C42H69N7O7S/c1-11-28(6)37(48(8)42(53)36(27(4)5)47-40(52)35(26(2)3)44-19-22-56-43)33(54-9)25-34(50)49-21-15-18-32(49)38(55-10)29(7)39(51)46-31(41-45-20-23-57-41)24-30-16-13-12-14-17-30/h12-14,16,20,23,27-33,35-38,44H,2,11,15,17-19,21-22,24-25,43H2,1,3-10H3,(H,46,51)(H,47,52)/t28-,29+,30?,31-,32-,33+,35-,36-,37-,38+/m0/s1. The lowest BCUT2D eigenvalue weighted by molar-refractivity contribution is -0.147. The largest absolute Gasteiger partial charge is 0.379 e. The number of likely N-dealkylation sites (tertiary alicyclic amines) is 1. The van der Waals surface area contributed by atoms with Crippen molar-refractivity contribution < 1.29 is 33.5 Å². The Balaban J connectivity index is 1.77. The Bertz CT molecular complexity index is 1500. The highest BCUT2D eigenvalue weighted by Gasteiger charge is 2.43. The van der Waals surface area contributed by atoms with Gasteiger partial charge in [0.05, 0.1) is 49.3 Å². The van der Waals surface area contributed by atoms with Crippen molar-refractivity contribution >= 4 is 35.0 Å². The van der Waals surface area contributed by atoms with E-state index in [9.17, 15) is 19.2 Å². The van der Waals surface area contributed by atoms with E-state index in [4.69, 9.17) is 15.4 Å². The number of thiazole rings is 1. The van der Waals surface area contributed by atoms with Crippen LogP contribution in [0.4, 0.5) is 0 Å². The molecule has 320 valence electrons. The number of carbonyl (C=O) groups is 4. The third kappa shape index (κ3) is 13.3. The smallest absolute Gasteiger partial charge is 0.245 e. The van der Waals surface area contributed by atoms with Crippen molar-refractivity contribution in [2.45, 2.75) is 122 Å². The predicted octanol–water partition coefficient (Wildman–Crippen LogP) is 4.31. The SMILES string of the molecule is C=C(C)[C@H](NCCON)C(=O)N[C@H](C(=O)N(C)[C@@H]([C@@H](C)CC)[C@@H](CC(=O)N1CCC[C@H]1[C@H](OC)[C@@H](C)C(=O)N[C@@H](CC1C=CC=CC1)c1nccs1)OC)C(C)C. The van der Waals surface area contributed by atoms with Crippen LogP contribution >= 0.6 is 11.3 Å². The first-order valence-electron chi connectivity index (χ1n) is 20.4. The first-order valence-corrected chi connectivity index (χ1v) is 21.2. The van der Waals surface area contributed by atoms with Crippen LogP contribution in [0.15, 0.2) is 48.0 Å². The molecule has 2 heterocycles. The van der Waals surface area contributed by atoms with Crippen LogP contribution in [0.3, 0.4) is 0 Å². The third-order valence-corrected chi connectivity index (χ3v) is 12.4. The number of amides is 4. The molecule has 0 bridgehead atoms. The van der Waals surface area contributed by atoms with Gasteiger partial charge in [-0.05, 0) is 50.4 Å². The van der Waals surface area contributed by atoms with E-state index in [-0.39, 0.29) is 66.5 Å². The summed E-state index contributed by atoms with van der Waals surface area (Å²) in [5.74, 6) is 3.67. The first-order chi connectivity index (χ1) is 27.2. The number of nitrogens with one attached hydrogen (secondary N) is 3. The second kappa shape index (κ2) is 23.8. The molecule has 0 radical (unpaired) electrons. The van der Waals surface area contributed by atoms with Gasteiger partial charge in [-0.25, -0.2) is 10.9 Å².